The van der Waals surface area contributed by atoms with E-state index in [4.69, 9.17) is 15.3 Å². The lowest BCUT2D eigenvalue weighted by Crippen LogP contribution is -2.28. The number of fused-ring (bicyclic) bond motifs is 2. The first kappa shape index (κ1) is 51.5. The van der Waals surface area contributed by atoms with Crippen LogP contribution in [0.1, 0.15) is 97.9 Å². The van der Waals surface area contributed by atoms with Crippen LogP contribution in [0.15, 0.2) is 136 Å². The molecule has 4 N–H and O–H groups in total. The molecule has 2 aliphatic rings. The van der Waals surface area contributed by atoms with Crippen molar-refractivity contribution in [3.8, 4) is 40.5 Å². The number of hydrogen-bond acceptors (Lipinski definition) is 14. The standard InChI is InChI=1S/C30H26N8S.C23H21FN6S.C2H5NO2/c1-20-26(18-35-38(20)25-11-9-24(10-12-25)36-29-8-4-5-13-33-29)22-14-28(30-23(16-32)17-34-37(30)19-22)39-27-7-3-2-6-21(27)15-31;1-15-19(13-28-30(15)18-6-3-2-4-7-18)16-10-21(31-23-20(24)8-5-9-26-23)22-17(11-25)12-27-29(22)14-16;3-2(5)1-4/h2-8,13-14,17-19,24-25H,9-12H2,1H3,(H,33,36);5,8-10,12-14,18H,2-4,6-7H2,1H3;4H,1H2,(H2,3,5). The third kappa shape index (κ3) is 11.6. The predicted molar refractivity (Wildman–Crippen MR) is 283 cm³/mol. The molecular formula is C55H52FN15O2S2. The molecule has 378 valence electrons. The minimum absolute atomic E-state index is 0.265. The van der Waals surface area contributed by atoms with E-state index in [-0.39, 0.29) is 5.03 Å². The Morgan fingerprint density at radius 3 is 1.77 bits per heavy atom. The van der Waals surface area contributed by atoms with Crippen molar-refractivity contribution in [1.29, 1.82) is 15.8 Å². The van der Waals surface area contributed by atoms with E-state index in [2.05, 4.69) is 78.7 Å². The molecule has 17 nitrogen and oxygen atoms in total. The first-order chi connectivity index (χ1) is 36.6. The van der Waals surface area contributed by atoms with Gasteiger partial charge in [0.1, 0.15) is 35.7 Å². The van der Waals surface area contributed by atoms with E-state index < -0.39 is 18.3 Å². The summed E-state index contributed by atoms with van der Waals surface area (Å²) in [5.74, 6) is -0.154. The van der Waals surface area contributed by atoms with Crippen molar-refractivity contribution in [2.45, 2.75) is 109 Å². The molecule has 2 fully saturated rings. The van der Waals surface area contributed by atoms with Gasteiger partial charge in [-0.25, -0.2) is 23.4 Å². The molecule has 1 aromatic carbocycles. The van der Waals surface area contributed by atoms with Crippen molar-refractivity contribution in [2.24, 2.45) is 5.73 Å². The molecule has 0 bridgehead atoms. The molecule has 0 unspecified atom stereocenters. The Morgan fingerprint density at radius 2 is 1.23 bits per heavy atom. The van der Waals surface area contributed by atoms with E-state index in [1.165, 1.54) is 55.0 Å². The zero-order chi connectivity index (χ0) is 52.4. The Labute approximate surface area is 440 Å². The van der Waals surface area contributed by atoms with Crippen molar-refractivity contribution >= 4 is 46.3 Å². The van der Waals surface area contributed by atoms with E-state index in [0.717, 1.165) is 98.2 Å². The molecule has 0 aliphatic heterocycles. The van der Waals surface area contributed by atoms with Crippen LogP contribution in [0.25, 0.3) is 33.3 Å². The van der Waals surface area contributed by atoms with Crippen molar-refractivity contribution in [3.05, 3.63) is 150 Å². The maximum absolute atomic E-state index is 14.3. The zero-order valence-corrected chi connectivity index (χ0v) is 42.8. The number of rotatable bonds is 11. The SMILES string of the molecule is Cc1c(-c2cc(Sc3ccccc3C#N)c3c(C#N)cnn3c2)cnn1C1CCC(Nc2ccccn2)CC1.Cc1c(-c2cc(Sc3ncccc3F)c3c(C#N)cnn3c2)cnn1C1CCCCC1.NC(=O)CO. The maximum atomic E-state index is 14.3. The second kappa shape index (κ2) is 23.7. The predicted octanol–water partition coefficient (Wildman–Crippen LogP) is 10.4. The number of nitriles is 3. The molecule has 0 spiro atoms. The quantitative estimate of drug-likeness (QED) is 0.109. The lowest BCUT2D eigenvalue weighted by atomic mass is 9.91. The van der Waals surface area contributed by atoms with Crippen LogP contribution in [0, 0.1) is 53.7 Å². The summed E-state index contributed by atoms with van der Waals surface area (Å²) in [4.78, 5) is 20.3. The number of halogens is 1. The molecule has 2 aliphatic carbocycles. The molecule has 75 heavy (non-hydrogen) atoms. The third-order valence-corrected chi connectivity index (χ3v) is 15.5. The lowest BCUT2D eigenvalue weighted by molar-refractivity contribution is -0.120. The van der Waals surface area contributed by atoms with Gasteiger partial charge in [-0.2, -0.15) is 36.2 Å². The minimum Gasteiger partial charge on any atom is -0.387 e. The Morgan fingerprint density at radius 1 is 0.680 bits per heavy atom. The van der Waals surface area contributed by atoms with Crippen LogP contribution < -0.4 is 11.1 Å². The first-order valence-electron chi connectivity index (χ1n) is 24.5. The highest BCUT2D eigenvalue weighted by atomic mass is 32.2. The average molecular weight is 1040 g/mol. The van der Waals surface area contributed by atoms with Gasteiger partial charge in [-0.15, -0.1) is 0 Å². The van der Waals surface area contributed by atoms with Gasteiger partial charge in [0.15, 0.2) is 5.82 Å². The fraction of sp³-hybridized carbons (Fsp3) is 0.273. The molecule has 11 rings (SSSR count). The largest absolute Gasteiger partial charge is 0.387 e. The second-order valence-corrected chi connectivity index (χ2v) is 20.3. The number of nitrogens with one attached hydrogen (secondary N) is 1. The van der Waals surface area contributed by atoms with Crippen LogP contribution in [0.4, 0.5) is 10.2 Å². The lowest BCUT2D eigenvalue weighted by Gasteiger charge is -2.30. The average Bonchev–Trinajstić information content (AvgIpc) is 4.25. The number of amides is 1. The normalized spacial score (nSPS) is 15.4. The van der Waals surface area contributed by atoms with Crippen LogP contribution >= 0.6 is 23.5 Å². The Balaban J connectivity index is 0.000000172. The summed E-state index contributed by atoms with van der Waals surface area (Å²) in [7, 11) is 0. The van der Waals surface area contributed by atoms with Gasteiger partial charge in [0.05, 0.1) is 64.6 Å². The van der Waals surface area contributed by atoms with Crippen LogP contribution in [-0.4, -0.2) is 72.4 Å². The summed E-state index contributed by atoms with van der Waals surface area (Å²) in [5, 5.41) is 58.7. The molecule has 8 heterocycles. The van der Waals surface area contributed by atoms with E-state index in [0.29, 0.717) is 40.3 Å². The molecule has 20 heteroatoms. The highest BCUT2D eigenvalue weighted by Gasteiger charge is 2.26. The van der Waals surface area contributed by atoms with Gasteiger partial charge in [-0.1, -0.05) is 61.0 Å². The summed E-state index contributed by atoms with van der Waals surface area (Å²) in [6.45, 7) is 3.66. The molecule has 1 amide bonds. The number of anilines is 1. The van der Waals surface area contributed by atoms with Crippen LogP contribution in [0.5, 0.6) is 0 Å². The Kier molecular flexibility index (Phi) is 16.3. The van der Waals surface area contributed by atoms with Crippen LogP contribution in [-0.2, 0) is 4.79 Å². The third-order valence-electron chi connectivity index (χ3n) is 13.4. The van der Waals surface area contributed by atoms with Gasteiger partial charge < -0.3 is 16.2 Å². The summed E-state index contributed by atoms with van der Waals surface area (Å²) in [5.41, 5.74) is 13.5. The minimum atomic E-state index is -0.690. The van der Waals surface area contributed by atoms with Crippen molar-refractivity contribution < 1.29 is 14.3 Å². The molecule has 0 saturated heterocycles. The number of aliphatic hydroxyl groups is 1. The number of carbonyl (C=O) groups excluding carboxylic acids is 1. The van der Waals surface area contributed by atoms with Crippen LogP contribution in [0.2, 0.25) is 0 Å². The summed E-state index contributed by atoms with van der Waals surface area (Å²) in [6, 6.07) is 28.4. The van der Waals surface area contributed by atoms with E-state index in [1.807, 2.05) is 73.4 Å². The van der Waals surface area contributed by atoms with Gasteiger partial charge in [0.2, 0.25) is 5.91 Å². The van der Waals surface area contributed by atoms with Crippen molar-refractivity contribution in [2.75, 3.05) is 11.9 Å². The maximum Gasteiger partial charge on any atom is 0.243 e. The number of primary amides is 1. The second-order valence-electron chi connectivity index (χ2n) is 18.2. The van der Waals surface area contributed by atoms with E-state index >= 15 is 0 Å². The molecule has 9 aromatic rings. The highest BCUT2D eigenvalue weighted by molar-refractivity contribution is 7.99. The summed E-state index contributed by atoms with van der Waals surface area (Å²) in [6.07, 6.45) is 24.5. The first-order valence-corrected chi connectivity index (χ1v) is 26.1. The fourth-order valence-electron chi connectivity index (χ4n) is 9.70. The summed E-state index contributed by atoms with van der Waals surface area (Å²) < 4.78 is 22.1. The highest BCUT2D eigenvalue weighted by Crippen LogP contribution is 2.40. The Hall–Kier alpha value is -8.35. The smallest absolute Gasteiger partial charge is 0.243 e. The van der Waals surface area contributed by atoms with Crippen LogP contribution in [0.3, 0.4) is 0 Å². The molecular weight excluding hydrogens is 986 g/mol. The van der Waals surface area contributed by atoms with Crippen molar-refractivity contribution in [3.63, 3.8) is 0 Å². The topological polar surface area (TPSA) is 243 Å². The number of pyridine rings is 4. The number of nitrogens with zero attached hydrogens (tertiary/aromatic N) is 13. The van der Waals surface area contributed by atoms with Gasteiger partial charge in [-0.05, 0) is 101 Å². The molecule has 2 saturated carbocycles. The number of aromatic nitrogens is 10. The van der Waals surface area contributed by atoms with Gasteiger partial charge in [0, 0.05) is 79.2 Å². The molecule has 0 radical (unpaired) electrons. The molecule has 8 aromatic heterocycles. The Bertz CT molecular complexity index is 3610. The van der Waals surface area contributed by atoms with E-state index in [1.54, 1.807) is 33.6 Å². The number of carbonyl (C=O) groups is 1. The molecule has 0 atom stereocenters. The van der Waals surface area contributed by atoms with Gasteiger partial charge >= 0.3 is 0 Å². The zero-order valence-electron chi connectivity index (χ0n) is 41.2. The van der Waals surface area contributed by atoms with Crippen molar-refractivity contribution in [1.82, 2.24) is 48.8 Å². The number of hydrogen-bond donors (Lipinski definition) is 3. The fourth-order valence-corrected chi connectivity index (χ4v) is 11.8. The number of benzene rings is 1. The number of nitrogens with two attached hydrogens (primary N) is 1. The van der Waals surface area contributed by atoms with Gasteiger partial charge in [-0.3, -0.25) is 14.2 Å². The monoisotopic (exact) mass is 1040 g/mol. The van der Waals surface area contributed by atoms with E-state index in [9.17, 15) is 25.0 Å². The summed E-state index contributed by atoms with van der Waals surface area (Å²) >= 11 is 2.68. The van der Waals surface area contributed by atoms with Gasteiger partial charge in [0.25, 0.3) is 0 Å². The number of aliphatic hydroxyl groups excluding tert-OH is 1.